The number of nitrogens with one attached hydrogen (secondary N) is 1. The Morgan fingerprint density at radius 2 is 1.92 bits per heavy atom. The maximum atomic E-state index is 13.2. The van der Waals surface area contributed by atoms with Gasteiger partial charge in [0, 0.05) is 18.7 Å². The normalized spacial score (nSPS) is 12.4. The molecule has 0 aliphatic rings. The molecule has 8 heteroatoms. The van der Waals surface area contributed by atoms with Gasteiger partial charge in [-0.1, -0.05) is 48.9 Å². The van der Waals surface area contributed by atoms with Crippen LogP contribution in [-0.2, 0) is 19.5 Å². The van der Waals surface area contributed by atoms with Crippen molar-refractivity contribution in [3.63, 3.8) is 0 Å². The Kier molecular flexibility index (Phi) is 7.28. The molecular weight excluding hydrogens is 464 g/mol. The lowest BCUT2D eigenvalue weighted by molar-refractivity contribution is 0.172. The number of hydrogen-bond donors (Lipinski definition) is 1. The van der Waals surface area contributed by atoms with Gasteiger partial charge in [-0.3, -0.25) is 9.69 Å². The van der Waals surface area contributed by atoms with Gasteiger partial charge in [0.2, 0.25) is 0 Å². The van der Waals surface area contributed by atoms with Crippen LogP contribution in [0.4, 0.5) is 0 Å². The number of aromatic amines is 1. The molecule has 5 rings (SSSR count). The molecule has 190 valence electrons. The van der Waals surface area contributed by atoms with Gasteiger partial charge in [0.25, 0.3) is 5.56 Å². The Hall–Kier alpha value is -4.04. The van der Waals surface area contributed by atoms with Crippen LogP contribution in [0.3, 0.4) is 0 Å². The van der Waals surface area contributed by atoms with E-state index < -0.39 is 0 Å². The summed E-state index contributed by atoms with van der Waals surface area (Å²) in [5, 5.41) is 13.7. The standard InChI is InChI=1S/C29H32N6O2/c1-4-26(28-31-32-33-35(28)19-25-11-8-14-37-25)34(13-12-22-9-6-5-7-10-22)18-24-17-23-16-20(2)15-21(3)27(23)30-29(24)36/h5-11,14-17,26H,4,12-13,18-19H2,1-3H3,(H,30,36)/t26-/m0/s1. The number of fused-ring (bicyclic) bond motifs is 1. The summed E-state index contributed by atoms with van der Waals surface area (Å²) in [5.74, 6) is 1.55. The van der Waals surface area contributed by atoms with Crippen LogP contribution in [0.1, 0.15) is 53.2 Å². The van der Waals surface area contributed by atoms with Crippen molar-refractivity contribution in [3.05, 3.63) is 111 Å². The SMILES string of the molecule is CC[C@@H](c1nnnn1Cc1ccco1)N(CCc1ccccc1)Cc1cc2cc(C)cc(C)c2[nH]c1=O. The van der Waals surface area contributed by atoms with Gasteiger partial charge >= 0.3 is 0 Å². The van der Waals surface area contributed by atoms with E-state index in [4.69, 9.17) is 4.42 Å². The number of aryl methyl sites for hydroxylation is 2. The number of nitrogens with zero attached hydrogens (tertiary/aromatic N) is 5. The van der Waals surface area contributed by atoms with E-state index in [-0.39, 0.29) is 11.6 Å². The molecule has 0 fully saturated rings. The Morgan fingerprint density at radius 3 is 2.68 bits per heavy atom. The summed E-state index contributed by atoms with van der Waals surface area (Å²) in [4.78, 5) is 18.7. The van der Waals surface area contributed by atoms with Gasteiger partial charge in [0.15, 0.2) is 5.82 Å². The third kappa shape index (κ3) is 5.54. The second-order valence-electron chi connectivity index (χ2n) is 9.57. The fourth-order valence-electron chi connectivity index (χ4n) is 5.05. The first-order chi connectivity index (χ1) is 18.0. The Bertz CT molecular complexity index is 1520. The van der Waals surface area contributed by atoms with Gasteiger partial charge in [0.05, 0.1) is 17.8 Å². The Balaban J connectivity index is 1.50. The van der Waals surface area contributed by atoms with Gasteiger partial charge in [0.1, 0.15) is 12.3 Å². The van der Waals surface area contributed by atoms with E-state index in [1.165, 1.54) is 11.1 Å². The summed E-state index contributed by atoms with van der Waals surface area (Å²) in [6, 6.07) is 20.3. The van der Waals surface area contributed by atoms with Gasteiger partial charge in [-0.05, 0) is 77.9 Å². The zero-order chi connectivity index (χ0) is 25.8. The molecule has 3 heterocycles. The zero-order valence-corrected chi connectivity index (χ0v) is 21.5. The molecule has 0 amide bonds. The maximum absolute atomic E-state index is 13.2. The topological polar surface area (TPSA) is 92.8 Å². The lowest BCUT2D eigenvalue weighted by Gasteiger charge is -2.30. The first kappa shape index (κ1) is 24.6. The van der Waals surface area contributed by atoms with Gasteiger partial charge in [-0.2, -0.15) is 0 Å². The number of furan rings is 1. The van der Waals surface area contributed by atoms with Crippen molar-refractivity contribution < 1.29 is 4.42 Å². The molecule has 0 saturated carbocycles. The maximum Gasteiger partial charge on any atom is 0.252 e. The number of H-pyrrole nitrogens is 1. The van der Waals surface area contributed by atoms with Crippen LogP contribution in [0, 0.1) is 13.8 Å². The summed E-state index contributed by atoms with van der Waals surface area (Å²) >= 11 is 0. The smallest absolute Gasteiger partial charge is 0.252 e. The van der Waals surface area contributed by atoms with E-state index in [2.05, 4.69) is 75.7 Å². The van der Waals surface area contributed by atoms with Crippen LogP contribution < -0.4 is 5.56 Å². The van der Waals surface area contributed by atoms with Crippen molar-refractivity contribution in [2.45, 2.75) is 52.7 Å². The highest BCUT2D eigenvalue weighted by Gasteiger charge is 2.26. The number of benzene rings is 2. The van der Waals surface area contributed by atoms with Crippen LogP contribution in [0.5, 0.6) is 0 Å². The quantitative estimate of drug-likeness (QED) is 0.294. The first-order valence-corrected chi connectivity index (χ1v) is 12.7. The van der Waals surface area contributed by atoms with Crippen LogP contribution in [0.15, 0.2) is 76.1 Å². The van der Waals surface area contributed by atoms with E-state index in [1.54, 1.807) is 10.9 Å². The molecule has 3 aromatic heterocycles. The fourth-order valence-corrected chi connectivity index (χ4v) is 5.05. The molecular formula is C29H32N6O2. The number of tetrazole rings is 1. The van der Waals surface area contributed by atoms with E-state index in [0.717, 1.165) is 53.0 Å². The molecule has 1 N–H and O–H groups in total. The van der Waals surface area contributed by atoms with Gasteiger partial charge < -0.3 is 9.40 Å². The second-order valence-corrected chi connectivity index (χ2v) is 9.57. The number of pyridine rings is 1. The minimum atomic E-state index is -0.0805. The average Bonchev–Trinajstić information content (AvgIpc) is 3.57. The fraction of sp³-hybridized carbons (Fsp3) is 0.310. The third-order valence-electron chi connectivity index (χ3n) is 6.85. The Morgan fingerprint density at radius 1 is 1.08 bits per heavy atom. The number of rotatable bonds is 10. The van der Waals surface area contributed by atoms with Crippen molar-refractivity contribution in [2.75, 3.05) is 6.54 Å². The van der Waals surface area contributed by atoms with E-state index >= 15 is 0 Å². The van der Waals surface area contributed by atoms with Crippen molar-refractivity contribution in [1.29, 1.82) is 0 Å². The van der Waals surface area contributed by atoms with Crippen molar-refractivity contribution in [2.24, 2.45) is 0 Å². The Labute approximate surface area is 215 Å². The van der Waals surface area contributed by atoms with Crippen molar-refractivity contribution in [3.8, 4) is 0 Å². The molecule has 0 bridgehead atoms. The summed E-state index contributed by atoms with van der Waals surface area (Å²) in [6.07, 6.45) is 3.29. The van der Waals surface area contributed by atoms with Crippen LogP contribution in [0.25, 0.3) is 10.9 Å². The van der Waals surface area contributed by atoms with E-state index in [0.29, 0.717) is 13.1 Å². The lowest BCUT2D eigenvalue weighted by atomic mass is 10.0. The van der Waals surface area contributed by atoms with Gasteiger partial charge in [-0.25, -0.2) is 4.68 Å². The summed E-state index contributed by atoms with van der Waals surface area (Å²) < 4.78 is 7.33. The second kappa shape index (κ2) is 10.9. The highest BCUT2D eigenvalue weighted by molar-refractivity contribution is 5.82. The summed E-state index contributed by atoms with van der Waals surface area (Å²) in [5.41, 5.74) is 5.06. The van der Waals surface area contributed by atoms with Crippen molar-refractivity contribution >= 4 is 10.9 Å². The molecule has 0 spiro atoms. The molecule has 5 aromatic rings. The number of hydrogen-bond acceptors (Lipinski definition) is 6. The third-order valence-corrected chi connectivity index (χ3v) is 6.85. The van der Waals surface area contributed by atoms with E-state index in [1.807, 2.05) is 31.2 Å². The minimum absolute atomic E-state index is 0.0609. The molecule has 1 atom stereocenters. The van der Waals surface area contributed by atoms with Crippen LogP contribution in [0.2, 0.25) is 0 Å². The number of aromatic nitrogens is 5. The predicted molar refractivity (Wildman–Crippen MR) is 143 cm³/mol. The van der Waals surface area contributed by atoms with Crippen LogP contribution in [-0.4, -0.2) is 36.6 Å². The highest BCUT2D eigenvalue weighted by Crippen LogP contribution is 2.26. The molecule has 37 heavy (non-hydrogen) atoms. The average molecular weight is 497 g/mol. The summed E-state index contributed by atoms with van der Waals surface area (Å²) in [7, 11) is 0. The molecule has 2 aromatic carbocycles. The zero-order valence-electron chi connectivity index (χ0n) is 21.5. The molecule has 0 unspecified atom stereocenters. The van der Waals surface area contributed by atoms with Gasteiger partial charge in [-0.15, -0.1) is 5.10 Å². The van der Waals surface area contributed by atoms with E-state index in [9.17, 15) is 4.79 Å². The molecule has 8 nitrogen and oxygen atoms in total. The van der Waals surface area contributed by atoms with Crippen LogP contribution >= 0.6 is 0 Å². The minimum Gasteiger partial charge on any atom is -0.467 e. The molecule has 0 saturated heterocycles. The lowest BCUT2D eigenvalue weighted by Crippen LogP contribution is -2.34. The monoisotopic (exact) mass is 496 g/mol. The highest BCUT2D eigenvalue weighted by atomic mass is 16.3. The molecule has 0 aliphatic carbocycles. The summed E-state index contributed by atoms with van der Waals surface area (Å²) in [6.45, 7) is 7.92. The van der Waals surface area contributed by atoms with Crippen molar-refractivity contribution in [1.82, 2.24) is 30.1 Å². The first-order valence-electron chi connectivity index (χ1n) is 12.7. The largest absolute Gasteiger partial charge is 0.467 e. The predicted octanol–water partition coefficient (Wildman–Crippen LogP) is 4.97. The molecule has 0 aliphatic heterocycles. The molecule has 0 radical (unpaired) electrons.